The highest BCUT2D eigenvalue weighted by Crippen LogP contribution is 2.42. The van der Waals surface area contributed by atoms with Crippen LogP contribution in [0.25, 0.3) is 10.2 Å². The van der Waals surface area contributed by atoms with Crippen molar-refractivity contribution < 1.29 is 42.3 Å². The summed E-state index contributed by atoms with van der Waals surface area (Å²) in [5.74, 6) is -2.16. The molecule has 4 N–H and O–H groups in total. The first-order valence-corrected chi connectivity index (χ1v) is 20.6. The number of imide groups is 2. The van der Waals surface area contributed by atoms with E-state index in [0.717, 1.165) is 78.4 Å². The third-order valence-corrected chi connectivity index (χ3v) is 12.4. The van der Waals surface area contributed by atoms with Gasteiger partial charge < -0.3 is 20.6 Å². The second-order valence-corrected chi connectivity index (χ2v) is 17.2. The number of anilines is 2. The normalized spacial score (nSPS) is 20.0. The zero-order valence-electron chi connectivity index (χ0n) is 32.9. The number of amides is 5. The molecule has 0 bridgehead atoms. The van der Waals surface area contributed by atoms with Crippen LogP contribution in [-0.2, 0) is 21.4 Å². The molecule has 4 heterocycles. The monoisotopic (exact) mass is 833 g/mol. The van der Waals surface area contributed by atoms with Crippen molar-refractivity contribution in [2.45, 2.75) is 89.0 Å². The van der Waals surface area contributed by atoms with Gasteiger partial charge in [0.2, 0.25) is 11.8 Å². The number of nitrogens with one attached hydrogen (secondary N) is 3. The fourth-order valence-corrected chi connectivity index (χ4v) is 9.35. The predicted molar refractivity (Wildman–Crippen MR) is 215 cm³/mol. The molecular weight excluding hydrogens is 788 g/mol. The van der Waals surface area contributed by atoms with Crippen molar-refractivity contribution in [1.29, 1.82) is 0 Å². The van der Waals surface area contributed by atoms with E-state index in [0.29, 0.717) is 29.2 Å². The van der Waals surface area contributed by atoms with E-state index in [9.17, 15) is 42.3 Å². The molecule has 312 valence electrons. The van der Waals surface area contributed by atoms with Gasteiger partial charge in [-0.1, -0.05) is 12.1 Å². The standard InChI is InChI=1S/C42H46F3N7O6S/c1-41(2,58)26-20-30-32(21-29(26)48-36(54)28-10-7-11-33(47-28)42(43,44)45)59-38(49-30)24-14-12-23(13-15-24)22-51(3)19-5-4-18-46-27-9-6-8-25-35(27)40(57)52(39(25)56)31-16-17-34(53)50-37(31)55/h6-11,20-21,23-24,31,46,58H,4-5,12-19,22H2,1-3H3,(H,48,54)(H,50,53,55)/t23-,24-,31?. The Labute approximate surface area is 342 Å². The number of aliphatic hydroxyl groups is 1. The number of aromatic nitrogens is 2. The molecule has 3 aliphatic rings. The van der Waals surface area contributed by atoms with E-state index in [4.69, 9.17) is 4.98 Å². The summed E-state index contributed by atoms with van der Waals surface area (Å²) in [5.41, 5.74) is -0.548. The van der Waals surface area contributed by atoms with E-state index in [1.165, 1.54) is 17.4 Å². The number of rotatable bonds is 13. The lowest BCUT2D eigenvalue weighted by molar-refractivity contribution is -0.141. The molecule has 2 aromatic heterocycles. The zero-order valence-corrected chi connectivity index (χ0v) is 33.8. The highest BCUT2D eigenvalue weighted by molar-refractivity contribution is 7.18. The summed E-state index contributed by atoms with van der Waals surface area (Å²) in [5, 5.41) is 20.1. The Bertz CT molecular complexity index is 2300. The Kier molecular flexibility index (Phi) is 11.9. The van der Waals surface area contributed by atoms with E-state index < -0.39 is 58.7 Å². The van der Waals surface area contributed by atoms with Crippen LogP contribution >= 0.6 is 11.3 Å². The van der Waals surface area contributed by atoms with Gasteiger partial charge in [-0.2, -0.15) is 13.2 Å². The smallest absolute Gasteiger partial charge is 0.386 e. The molecule has 1 saturated carbocycles. The number of fused-ring (bicyclic) bond motifs is 2. The maximum absolute atomic E-state index is 13.4. The number of nitrogens with zero attached hydrogens (tertiary/aromatic N) is 4. The average Bonchev–Trinajstić information content (AvgIpc) is 3.71. The Morgan fingerprint density at radius 3 is 2.42 bits per heavy atom. The largest absolute Gasteiger partial charge is 0.433 e. The van der Waals surface area contributed by atoms with Crippen LogP contribution in [-0.4, -0.2) is 87.1 Å². The Morgan fingerprint density at radius 2 is 1.71 bits per heavy atom. The van der Waals surface area contributed by atoms with Gasteiger partial charge in [-0.3, -0.25) is 34.2 Å². The van der Waals surface area contributed by atoms with Crippen LogP contribution in [0.5, 0.6) is 0 Å². The van der Waals surface area contributed by atoms with Crippen molar-refractivity contribution >= 4 is 62.5 Å². The van der Waals surface area contributed by atoms with Crippen LogP contribution in [0, 0.1) is 5.92 Å². The molecule has 1 unspecified atom stereocenters. The van der Waals surface area contributed by atoms with Crippen LogP contribution < -0.4 is 16.0 Å². The molecule has 59 heavy (non-hydrogen) atoms. The summed E-state index contributed by atoms with van der Waals surface area (Å²) in [4.78, 5) is 75.3. The lowest BCUT2D eigenvalue weighted by Crippen LogP contribution is -2.54. The van der Waals surface area contributed by atoms with Gasteiger partial charge >= 0.3 is 6.18 Å². The van der Waals surface area contributed by atoms with Gasteiger partial charge in [-0.05, 0) is 115 Å². The number of carbonyl (C=O) groups is 5. The van der Waals surface area contributed by atoms with Gasteiger partial charge in [0.1, 0.15) is 17.4 Å². The highest BCUT2D eigenvalue weighted by atomic mass is 32.1. The molecule has 1 atom stereocenters. The molecule has 1 saturated heterocycles. The number of unbranched alkanes of at least 4 members (excludes halogenated alkanes) is 1. The molecule has 7 rings (SSSR count). The Hall–Kier alpha value is -5.26. The number of hydrogen-bond donors (Lipinski definition) is 4. The van der Waals surface area contributed by atoms with Gasteiger partial charge in [0.05, 0.1) is 32.0 Å². The van der Waals surface area contributed by atoms with E-state index in [1.807, 2.05) is 0 Å². The minimum absolute atomic E-state index is 0.0629. The quantitative estimate of drug-likeness (QED) is 0.0840. The number of alkyl halides is 3. The third kappa shape index (κ3) is 9.16. The number of halogens is 3. The molecule has 0 radical (unpaired) electrons. The molecule has 0 spiro atoms. The van der Waals surface area contributed by atoms with Crippen molar-refractivity contribution in [2.24, 2.45) is 5.92 Å². The fourth-order valence-electron chi connectivity index (χ4n) is 8.20. The van der Waals surface area contributed by atoms with Crippen molar-refractivity contribution in [3.05, 3.63) is 81.6 Å². The highest BCUT2D eigenvalue weighted by Gasteiger charge is 2.45. The first-order chi connectivity index (χ1) is 28.0. The summed E-state index contributed by atoms with van der Waals surface area (Å²) in [6, 6.07) is 10.6. The topological polar surface area (TPSA) is 174 Å². The van der Waals surface area contributed by atoms with E-state index in [2.05, 4.69) is 32.9 Å². The predicted octanol–water partition coefficient (Wildman–Crippen LogP) is 6.69. The number of thiazole rings is 1. The number of piperidine rings is 1. The number of hydrogen-bond acceptors (Lipinski definition) is 11. The summed E-state index contributed by atoms with van der Waals surface area (Å²) < 4.78 is 40.5. The molecule has 4 aromatic rings. The second kappa shape index (κ2) is 16.8. The van der Waals surface area contributed by atoms with Crippen LogP contribution in [0.1, 0.15) is 119 Å². The first kappa shape index (κ1) is 41.9. The van der Waals surface area contributed by atoms with Crippen molar-refractivity contribution in [3.8, 4) is 0 Å². The van der Waals surface area contributed by atoms with Crippen molar-refractivity contribution in [3.63, 3.8) is 0 Å². The summed E-state index contributed by atoms with van der Waals surface area (Å²) >= 11 is 1.52. The lowest BCUT2D eigenvalue weighted by atomic mass is 9.82. The van der Waals surface area contributed by atoms with Crippen molar-refractivity contribution in [2.75, 3.05) is 37.3 Å². The number of pyridine rings is 1. The molecule has 17 heteroatoms. The number of carbonyl (C=O) groups excluding carboxylic acids is 5. The molecule has 2 fully saturated rings. The zero-order chi connectivity index (χ0) is 42.2. The number of benzene rings is 2. The van der Waals surface area contributed by atoms with E-state index in [-0.39, 0.29) is 35.6 Å². The average molecular weight is 834 g/mol. The van der Waals surface area contributed by atoms with Gasteiger partial charge in [0.15, 0.2) is 0 Å². The molecule has 1 aliphatic carbocycles. The SMILES string of the molecule is CN(CCCCNc1cccc2c1C(=O)N(C1CCC(=O)NC1=O)C2=O)C[C@H]1CC[C@H](c2nc3cc(C(C)(C)O)c(NC(=O)c4cccc(C(F)(F)F)n4)cc3s2)CC1. The second-order valence-electron chi connectivity index (χ2n) is 16.1. The molecular formula is C42H46F3N7O6S. The van der Waals surface area contributed by atoms with Crippen LogP contribution in [0.4, 0.5) is 24.5 Å². The minimum atomic E-state index is -4.70. The molecule has 2 aliphatic heterocycles. The van der Waals surface area contributed by atoms with Gasteiger partial charge in [0, 0.05) is 42.4 Å². The van der Waals surface area contributed by atoms with Gasteiger partial charge in [0.25, 0.3) is 17.7 Å². The molecule has 2 aromatic carbocycles. The summed E-state index contributed by atoms with van der Waals surface area (Å²) in [7, 11) is 2.12. The van der Waals surface area contributed by atoms with Crippen molar-refractivity contribution in [1.82, 2.24) is 25.1 Å². The Morgan fingerprint density at radius 1 is 0.966 bits per heavy atom. The fraction of sp³-hybridized carbons (Fsp3) is 0.452. The first-order valence-electron chi connectivity index (χ1n) is 19.8. The summed E-state index contributed by atoms with van der Waals surface area (Å²) in [6.07, 6.45) is 1.23. The maximum Gasteiger partial charge on any atom is 0.433 e. The Balaban J connectivity index is 0.888. The van der Waals surface area contributed by atoms with Crippen LogP contribution in [0.2, 0.25) is 0 Å². The van der Waals surface area contributed by atoms with Gasteiger partial charge in [-0.15, -0.1) is 11.3 Å². The van der Waals surface area contributed by atoms with Gasteiger partial charge in [-0.25, -0.2) is 9.97 Å². The molecule has 13 nitrogen and oxygen atoms in total. The third-order valence-electron chi connectivity index (χ3n) is 11.2. The van der Waals surface area contributed by atoms with E-state index in [1.54, 1.807) is 44.2 Å². The maximum atomic E-state index is 13.4. The van der Waals surface area contributed by atoms with E-state index >= 15 is 0 Å². The minimum Gasteiger partial charge on any atom is -0.386 e. The van der Waals surface area contributed by atoms with Crippen LogP contribution in [0.15, 0.2) is 48.5 Å². The molecule has 5 amide bonds. The lowest BCUT2D eigenvalue weighted by Gasteiger charge is -2.30. The van der Waals surface area contributed by atoms with Crippen LogP contribution in [0.3, 0.4) is 0 Å². The summed E-state index contributed by atoms with van der Waals surface area (Å²) in [6.45, 7) is 5.57.